The highest BCUT2D eigenvalue weighted by molar-refractivity contribution is 5.80. The number of hydrogen-bond acceptors (Lipinski definition) is 3. The van der Waals surface area contributed by atoms with E-state index in [1.807, 2.05) is 4.90 Å². The van der Waals surface area contributed by atoms with Gasteiger partial charge in [-0.1, -0.05) is 30.3 Å². The highest BCUT2D eigenvalue weighted by atomic mass is 16.2. The quantitative estimate of drug-likeness (QED) is 0.819. The van der Waals surface area contributed by atoms with Crippen molar-refractivity contribution in [3.05, 3.63) is 35.9 Å². The van der Waals surface area contributed by atoms with Gasteiger partial charge >= 0.3 is 0 Å². The van der Waals surface area contributed by atoms with E-state index in [4.69, 9.17) is 0 Å². The van der Waals surface area contributed by atoms with Crippen LogP contribution >= 0.6 is 0 Å². The molecule has 1 aromatic rings. The van der Waals surface area contributed by atoms with Crippen molar-refractivity contribution in [3.8, 4) is 0 Å². The zero-order valence-corrected chi connectivity index (χ0v) is 15.9. The first-order chi connectivity index (χ1) is 13.2. The van der Waals surface area contributed by atoms with Crippen LogP contribution in [0, 0.1) is 5.92 Å². The van der Waals surface area contributed by atoms with E-state index in [2.05, 4.69) is 40.1 Å². The maximum Gasteiger partial charge on any atom is 0.224 e. The molecule has 3 atom stereocenters. The minimum Gasteiger partial charge on any atom is -0.342 e. The summed E-state index contributed by atoms with van der Waals surface area (Å²) in [5.74, 6) is 1.52. The molecule has 5 aliphatic rings. The zero-order valence-electron chi connectivity index (χ0n) is 15.9. The number of benzene rings is 1. The van der Waals surface area contributed by atoms with Gasteiger partial charge in [-0.2, -0.15) is 0 Å². The monoisotopic (exact) mass is 367 g/mol. The van der Waals surface area contributed by atoms with Gasteiger partial charge in [-0.3, -0.25) is 14.5 Å². The molecule has 5 saturated heterocycles. The highest BCUT2D eigenvalue weighted by Gasteiger charge is 2.54. The zero-order chi connectivity index (χ0) is 18.4. The van der Waals surface area contributed by atoms with Gasteiger partial charge in [-0.25, -0.2) is 0 Å². The maximum atomic E-state index is 13.2. The van der Waals surface area contributed by atoms with Gasteiger partial charge in [0, 0.05) is 44.4 Å². The number of piperidine rings is 3. The number of carbonyl (C=O) groups is 2. The summed E-state index contributed by atoms with van der Waals surface area (Å²) in [5, 5.41) is 0. The Morgan fingerprint density at radius 3 is 2.52 bits per heavy atom. The van der Waals surface area contributed by atoms with Crippen LogP contribution in [0.5, 0.6) is 0 Å². The normalized spacial score (nSPS) is 35.0. The lowest BCUT2D eigenvalue weighted by molar-refractivity contribution is -0.137. The van der Waals surface area contributed by atoms with E-state index >= 15 is 0 Å². The van der Waals surface area contributed by atoms with Gasteiger partial charge in [0.05, 0.1) is 6.04 Å². The van der Waals surface area contributed by atoms with Crippen LogP contribution in [0.25, 0.3) is 0 Å². The van der Waals surface area contributed by atoms with E-state index in [1.54, 1.807) is 0 Å². The molecule has 1 aromatic carbocycles. The third-order valence-electron chi connectivity index (χ3n) is 7.31. The standard InChI is InChI=1S/C22H29N3O2/c26-19-7-4-11-23(19)14-10-20(27)25-15-18(16-5-2-1-3-6-16)22-21(25)17-8-12-24(22)13-9-17/h1-3,5-6,17-18,21-22H,4,7-15H2/t18-,21+,22+/m1/s1. The van der Waals surface area contributed by atoms with E-state index in [-0.39, 0.29) is 11.8 Å². The average Bonchev–Trinajstić information content (AvgIpc) is 3.33. The summed E-state index contributed by atoms with van der Waals surface area (Å²) in [6.07, 6.45) is 4.50. The molecule has 5 nitrogen and oxygen atoms in total. The first-order valence-corrected chi connectivity index (χ1v) is 10.6. The number of likely N-dealkylation sites (tertiary alicyclic amines) is 2. The molecule has 0 aromatic heterocycles. The second kappa shape index (κ2) is 6.93. The summed E-state index contributed by atoms with van der Waals surface area (Å²) in [6, 6.07) is 11.6. The topological polar surface area (TPSA) is 43.9 Å². The molecular weight excluding hydrogens is 338 g/mol. The van der Waals surface area contributed by atoms with Crippen LogP contribution < -0.4 is 0 Å². The van der Waals surface area contributed by atoms with Crippen LogP contribution in [0.1, 0.15) is 43.6 Å². The molecule has 0 N–H and O–H groups in total. The summed E-state index contributed by atoms with van der Waals surface area (Å²) in [4.78, 5) is 31.8. The fraction of sp³-hybridized carbons (Fsp3) is 0.636. The van der Waals surface area contributed by atoms with E-state index < -0.39 is 0 Å². The fourth-order valence-electron chi connectivity index (χ4n) is 6.01. The third-order valence-corrected chi connectivity index (χ3v) is 7.31. The molecule has 0 saturated carbocycles. The molecule has 2 bridgehead atoms. The molecule has 5 fully saturated rings. The molecule has 0 spiro atoms. The largest absolute Gasteiger partial charge is 0.342 e. The van der Waals surface area contributed by atoms with Crippen LogP contribution in [0.15, 0.2) is 30.3 Å². The van der Waals surface area contributed by atoms with Crippen molar-refractivity contribution >= 4 is 11.8 Å². The Morgan fingerprint density at radius 2 is 1.81 bits per heavy atom. The van der Waals surface area contributed by atoms with Gasteiger partial charge in [-0.05, 0) is 43.8 Å². The van der Waals surface area contributed by atoms with Crippen LogP contribution in [-0.4, -0.2) is 71.3 Å². The van der Waals surface area contributed by atoms with Crippen molar-refractivity contribution in [3.63, 3.8) is 0 Å². The lowest BCUT2D eigenvalue weighted by Gasteiger charge is -2.51. The Morgan fingerprint density at radius 1 is 1.04 bits per heavy atom. The van der Waals surface area contributed by atoms with Gasteiger partial charge in [0.15, 0.2) is 0 Å². The SMILES string of the molecule is O=C1CCCN1CCC(=O)N1C[C@H](c2ccccc2)[C@H]2[C@@H]1C1CCN2CC1. The second-order valence-corrected chi connectivity index (χ2v) is 8.65. The lowest BCUT2D eigenvalue weighted by Crippen LogP contribution is -2.60. The van der Waals surface area contributed by atoms with Crippen LogP contribution in [0.4, 0.5) is 0 Å². The van der Waals surface area contributed by atoms with Crippen LogP contribution in [-0.2, 0) is 9.59 Å². The Hall–Kier alpha value is -1.88. The second-order valence-electron chi connectivity index (χ2n) is 8.65. The van der Waals surface area contributed by atoms with E-state index in [0.717, 1.165) is 19.5 Å². The summed E-state index contributed by atoms with van der Waals surface area (Å²) in [7, 11) is 0. The molecule has 5 aliphatic heterocycles. The molecule has 2 amide bonds. The predicted octanol–water partition coefficient (Wildman–Crippen LogP) is 2.09. The van der Waals surface area contributed by atoms with Crippen molar-refractivity contribution in [1.82, 2.24) is 14.7 Å². The molecule has 5 heterocycles. The number of hydrogen-bond donors (Lipinski definition) is 0. The maximum absolute atomic E-state index is 13.2. The molecule has 0 unspecified atom stereocenters. The Labute approximate surface area is 161 Å². The first-order valence-electron chi connectivity index (χ1n) is 10.6. The molecule has 0 radical (unpaired) electrons. The number of amides is 2. The van der Waals surface area contributed by atoms with Gasteiger partial charge in [0.25, 0.3) is 0 Å². The van der Waals surface area contributed by atoms with Gasteiger partial charge < -0.3 is 9.80 Å². The minimum atomic E-state index is 0.215. The average molecular weight is 367 g/mol. The van der Waals surface area contributed by atoms with E-state index in [0.29, 0.717) is 43.3 Å². The first kappa shape index (κ1) is 17.2. The van der Waals surface area contributed by atoms with Crippen molar-refractivity contribution in [2.45, 2.75) is 50.1 Å². The summed E-state index contributed by atoms with van der Waals surface area (Å²) in [6.45, 7) is 4.61. The van der Waals surface area contributed by atoms with Crippen molar-refractivity contribution < 1.29 is 9.59 Å². The Balaban J connectivity index is 1.36. The molecule has 0 aliphatic carbocycles. The summed E-state index contributed by atoms with van der Waals surface area (Å²) in [5.41, 5.74) is 1.37. The van der Waals surface area contributed by atoms with Gasteiger partial charge in [0.1, 0.15) is 0 Å². The Bertz CT molecular complexity index is 714. The lowest BCUT2D eigenvalue weighted by atomic mass is 9.75. The van der Waals surface area contributed by atoms with E-state index in [9.17, 15) is 9.59 Å². The summed E-state index contributed by atoms with van der Waals surface area (Å²) < 4.78 is 0. The molecule has 144 valence electrons. The summed E-state index contributed by atoms with van der Waals surface area (Å²) >= 11 is 0. The number of fused-ring (bicyclic) bond motifs is 2. The third kappa shape index (κ3) is 2.96. The Kier molecular flexibility index (Phi) is 4.43. The van der Waals surface area contributed by atoms with Crippen LogP contribution in [0.2, 0.25) is 0 Å². The fourth-order valence-corrected chi connectivity index (χ4v) is 6.01. The van der Waals surface area contributed by atoms with Gasteiger partial charge in [-0.15, -0.1) is 0 Å². The number of rotatable bonds is 4. The van der Waals surface area contributed by atoms with Crippen molar-refractivity contribution in [2.75, 3.05) is 32.7 Å². The smallest absolute Gasteiger partial charge is 0.224 e. The molecular formula is C22H29N3O2. The molecule has 5 heteroatoms. The minimum absolute atomic E-state index is 0.215. The highest BCUT2D eigenvalue weighted by Crippen LogP contribution is 2.46. The van der Waals surface area contributed by atoms with Crippen molar-refractivity contribution in [1.29, 1.82) is 0 Å². The number of nitrogens with zero attached hydrogens (tertiary/aromatic N) is 3. The van der Waals surface area contributed by atoms with E-state index in [1.165, 1.54) is 31.5 Å². The van der Waals surface area contributed by atoms with Crippen molar-refractivity contribution in [2.24, 2.45) is 5.92 Å². The number of carbonyl (C=O) groups excluding carboxylic acids is 2. The molecule has 27 heavy (non-hydrogen) atoms. The predicted molar refractivity (Wildman–Crippen MR) is 103 cm³/mol. The van der Waals surface area contributed by atoms with Crippen LogP contribution in [0.3, 0.4) is 0 Å². The van der Waals surface area contributed by atoms with Gasteiger partial charge in [0.2, 0.25) is 11.8 Å². The molecule has 6 rings (SSSR count).